The maximum absolute atomic E-state index is 11.5. The molecule has 0 bridgehead atoms. The Bertz CT molecular complexity index is 832. The Morgan fingerprint density at radius 1 is 0.938 bits per heavy atom. The summed E-state index contributed by atoms with van der Waals surface area (Å²) in [6.07, 6.45) is 14.6. The van der Waals surface area contributed by atoms with E-state index < -0.39 is 0 Å². The van der Waals surface area contributed by atoms with E-state index in [1.807, 2.05) is 0 Å². The van der Waals surface area contributed by atoms with Gasteiger partial charge in [0.1, 0.15) is 6.10 Å². The molecule has 0 amide bonds. The van der Waals surface area contributed by atoms with E-state index in [1.165, 1.54) is 63.4 Å². The predicted molar refractivity (Wildman–Crippen MR) is 130 cm³/mol. The average molecular weight is 437 g/mol. The Hall–Kier alpha value is -1.31. The van der Waals surface area contributed by atoms with Crippen molar-refractivity contribution in [3.63, 3.8) is 0 Å². The Balaban J connectivity index is 1.31. The maximum atomic E-state index is 11.5. The van der Waals surface area contributed by atoms with Crippen molar-refractivity contribution in [1.82, 2.24) is 0 Å². The summed E-state index contributed by atoms with van der Waals surface area (Å²) in [6.45, 7) is 9.50. The van der Waals surface area contributed by atoms with E-state index in [0.29, 0.717) is 16.2 Å². The van der Waals surface area contributed by atoms with Crippen LogP contribution >= 0.6 is 0 Å². The number of hydrogen-bond acceptors (Lipinski definition) is 2. The molecular weight excluding hydrogens is 392 g/mol. The minimum absolute atomic E-state index is 0.0959. The molecule has 8 atom stereocenters. The van der Waals surface area contributed by atoms with Crippen LogP contribution in [0.5, 0.6) is 0 Å². The number of hydrogen-bond donors (Lipinski definition) is 0. The van der Waals surface area contributed by atoms with Gasteiger partial charge in [-0.15, -0.1) is 0 Å². The quantitative estimate of drug-likeness (QED) is 0.454. The molecule has 4 aliphatic carbocycles. The van der Waals surface area contributed by atoms with Gasteiger partial charge in [-0.25, -0.2) is 0 Å². The Kier molecular flexibility index (Phi) is 5.74. The number of carbonyl (C=O) groups is 1. The number of rotatable bonds is 4. The minimum Gasteiger partial charge on any atom is -0.463 e. The zero-order valence-corrected chi connectivity index (χ0v) is 20.9. The highest BCUT2D eigenvalue weighted by Crippen LogP contribution is 2.71. The van der Waals surface area contributed by atoms with E-state index in [4.69, 9.17) is 4.74 Å². The van der Waals surface area contributed by atoms with Gasteiger partial charge in [0.2, 0.25) is 0 Å². The third-order valence-corrected chi connectivity index (χ3v) is 11.5. The summed E-state index contributed by atoms with van der Waals surface area (Å²) in [5, 5.41) is 0. The van der Waals surface area contributed by atoms with Crippen molar-refractivity contribution >= 4 is 5.97 Å². The Morgan fingerprint density at radius 2 is 1.69 bits per heavy atom. The second kappa shape index (κ2) is 8.17. The van der Waals surface area contributed by atoms with Crippen molar-refractivity contribution in [2.75, 3.05) is 0 Å². The number of aryl methyl sites for hydroxylation is 1. The van der Waals surface area contributed by atoms with Crippen LogP contribution in [0.25, 0.3) is 0 Å². The smallest absolute Gasteiger partial charge is 0.302 e. The van der Waals surface area contributed by atoms with Gasteiger partial charge < -0.3 is 4.74 Å². The first-order chi connectivity index (χ1) is 15.3. The fourth-order valence-corrected chi connectivity index (χ4v) is 9.40. The fourth-order valence-electron chi connectivity index (χ4n) is 9.40. The molecule has 176 valence electrons. The van der Waals surface area contributed by atoms with Gasteiger partial charge in [-0.1, -0.05) is 51.1 Å². The fraction of sp³-hybridized carbons (Fsp3) is 0.767. The van der Waals surface area contributed by atoms with E-state index in [2.05, 4.69) is 51.1 Å². The van der Waals surface area contributed by atoms with Crippen LogP contribution in [0.15, 0.2) is 30.3 Å². The van der Waals surface area contributed by atoms with E-state index in [1.54, 1.807) is 6.92 Å². The van der Waals surface area contributed by atoms with Crippen LogP contribution in [0, 0.1) is 39.9 Å². The van der Waals surface area contributed by atoms with Crippen LogP contribution in [-0.2, 0) is 16.0 Å². The lowest BCUT2D eigenvalue weighted by atomic mass is 9.43. The van der Waals surface area contributed by atoms with Crippen LogP contribution in [-0.4, -0.2) is 12.1 Å². The second-order valence-electron chi connectivity index (χ2n) is 12.7. The molecule has 4 aliphatic rings. The number of benzene rings is 1. The first-order valence-corrected chi connectivity index (χ1v) is 13.5. The molecule has 0 aromatic heterocycles. The topological polar surface area (TPSA) is 26.3 Å². The van der Waals surface area contributed by atoms with E-state index >= 15 is 0 Å². The summed E-state index contributed by atoms with van der Waals surface area (Å²) in [7, 11) is 0. The van der Waals surface area contributed by atoms with Crippen LogP contribution in [0.2, 0.25) is 0 Å². The van der Waals surface area contributed by atoms with Gasteiger partial charge in [0.15, 0.2) is 0 Å². The van der Waals surface area contributed by atoms with Crippen LogP contribution in [0.4, 0.5) is 0 Å². The third-order valence-electron chi connectivity index (χ3n) is 11.5. The zero-order chi connectivity index (χ0) is 22.6. The molecule has 0 aliphatic heterocycles. The Labute approximate surface area is 195 Å². The summed E-state index contributed by atoms with van der Waals surface area (Å²) in [6, 6.07) is 11.1. The standard InChI is InChI=1S/C30H44O2/c1-21(31)32-24-13-18-29(3)23(20-24)10-11-25-26(29)15-19-30(4)27(25)14-17-28(30,2)16-12-22-8-6-5-7-9-22/h5-9,23-27H,10-20H2,1-4H3/t23-,24+,25-,26+,27-,28-,29+,30-/m1/s1. The molecule has 4 fully saturated rings. The molecule has 32 heavy (non-hydrogen) atoms. The maximum Gasteiger partial charge on any atom is 0.302 e. The lowest BCUT2D eigenvalue weighted by molar-refractivity contribution is -0.162. The number of esters is 1. The lowest BCUT2D eigenvalue weighted by Crippen LogP contribution is -2.55. The highest BCUT2D eigenvalue weighted by Gasteiger charge is 2.63. The molecule has 0 N–H and O–H groups in total. The largest absolute Gasteiger partial charge is 0.463 e. The Morgan fingerprint density at radius 3 is 2.44 bits per heavy atom. The van der Waals surface area contributed by atoms with Gasteiger partial charge in [-0.05, 0) is 116 Å². The van der Waals surface area contributed by atoms with Crippen molar-refractivity contribution in [3.05, 3.63) is 35.9 Å². The van der Waals surface area contributed by atoms with Gasteiger partial charge in [-0.3, -0.25) is 4.79 Å². The summed E-state index contributed by atoms with van der Waals surface area (Å²) >= 11 is 0. The van der Waals surface area contributed by atoms with Crippen molar-refractivity contribution < 1.29 is 9.53 Å². The van der Waals surface area contributed by atoms with E-state index in [-0.39, 0.29) is 12.1 Å². The predicted octanol–water partition coefficient (Wildman–Crippen LogP) is 7.60. The summed E-state index contributed by atoms with van der Waals surface area (Å²) in [5.41, 5.74) is 2.95. The van der Waals surface area contributed by atoms with Crippen molar-refractivity contribution in [1.29, 1.82) is 0 Å². The molecular formula is C30H44O2. The highest BCUT2D eigenvalue weighted by molar-refractivity contribution is 5.66. The lowest BCUT2D eigenvalue weighted by Gasteiger charge is -2.62. The summed E-state index contributed by atoms with van der Waals surface area (Å²) in [5.74, 6) is 3.36. The summed E-state index contributed by atoms with van der Waals surface area (Å²) in [4.78, 5) is 11.5. The van der Waals surface area contributed by atoms with Gasteiger partial charge in [0.05, 0.1) is 0 Å². The molecule has 0 saturated heterocycles. The minimum atomic E-state index is -0.0959. The zero-order valence-electron chi connectivity index (χ0n) is 20.9. The molecule has 1 aromatic carbocycles. The van der Waals surface area contributed by atoms with Crippen LogP contribution < -0.4 is 0 Å². The van der Waals surface area contributed by atoms with Crippen LogP contribution in [0.3, 0.4) is 0 Å². The third kappa shape index (κ3) is 3.55. The van der Waals surface area contributed by atoms with Crippen LogP contribution in [0.1, 0.15) is 97.5 Å². The molecule has 0 unspecified atom stereocenters. The van der Waals surface area contributed by atoms with Gasteiger partial charge in [-0.2, -0.15) is 0 Å². The van der Waals surface area contributed by atoms with Gasteiger partial charge in [0.25, 0.3) is 0 Å². The average Bonchev–Trinajstić information content (AvgIpc) is 3.04. The number of ether oxygens (including phenoxy) is 1. The normalized spacial score (nSPS) is 45.4. The molecule has 4 saturated carbocycles. The molecule has 5 rings (SSSR count). The van der Waals surface area contributed by atoms with Gasteiger partial charge in [0, 0.05) is 6.92 Å². The van der Waals surface area contributed by atoms with Crippen molar-refractivity contribution in [2.24, 2.45) is 39.9 Å². The molecule has 0 heterocycles. The number of fused-ring (bicyclic) bond motifs is 5. The summed E-state index contributed by atoms with van der Waals surface area (Å²) < 4.78 is 5.66. The van der Waals surface area contributed by atoms with E-state index in [0.717, 1.165) is 36.5 Å². The monoisotopic (exact) mass is 436 g/mol. The highest BCUT2D eigenvalue weighted by atomic mass is 16.5. The van der Waals surface area contributed by atoms with E-state index in [9.17, 15) is 4.79 Å². The molecule has 1 aromatic rings. The molecule has 0 spiro atoms. The number of carbonyl (C=O) groups excluding carboxylic acids is 1. The first kappa shape index (κ1) is 22.5. The first-order valence-electron chi connectivity index (χ1n) is 13.5. The molecule has 2 nitrogen and oxygen atoms in total. The molecule has 2 heteroatoms. The second-order valence-corrected chi connectivity index (χ2v) is 12.7. The van der Waals surface area contributed by atoms with Gasteiger partial charge >= 0.3 is 5.97 Å². The SMILES string of the molecule is CC(=O)O[C@H]1CC[C@@]2(C)[C@H](CC[C@H]3[C@H]4CC[C@@](C)(CCc5ccccc5)[C@]4(C)CC[C@@H]32)C1. The van der Waals surface area contributed by atoms with Crippen molar-refractivity contribution in [3.8, 4) is 0 Å². The van der Waals surface area contributed by atoms with Crippen molar-refractivity contribution in [2.45, 2.75) is 104 Å². The molecule has 0 radical (unpaired) electrons.